The Morgan fingerprint density at radius 2 is 1.31 bits per heavy atom. The maximum atomic E-state index is 4.89. The molecule has 1 atom stereocenters. The molecule has 48 heavy (non-hydrogen) atoms. The number of benzene rings is 4. The van der Waals surface area contributed by atoms with Gasteiger partial charge < -0.3 is 9.97 Å². The van der Waals surface area contributed by atoms with Crippen LogP contribution in [0.3, 0.4) is 0 Å². The van der Waals surface area contributed by atoms with E-state index in [0.717, 1.165) is 28.9 Å². The molecule has 4 aromatic carbocycles. The van der Waals surface area contributed by atoms with Crippen molar-refractivity contribution in [2.24, 2.45) is 5.41 Å². The van der Waals surface area contributed by atoms with Crippen LogP contribution < -0.4 is 5.19 Å². The van der Waals surface area contributed by atoms with E-state index in [9.17, 15) is 0 Å². The molecule has 6 aromatic rings. The molecule has 1 radical (unpaired) electrons. The van der Waals surface area contributed by atoms with Gasteiger partial charge >= 0.3 is 0 Å². The molecule has 0 amide bonds. The van der Waals surface area contributed by atoms with E-state index in [1.807, 2.05) is 42.6 Å². The van der Waals surface area contributed by atoms with Crippen LogP contribution in [0.15, 0.2) is 134 Å². The summed E-state index contributed by atoms with van der Waals surface area (Å²) in [5, 5.41) is 1.43. The van der Waals surface area contributed by atoms with E-state index in [-0.39, 0.29) is 20.1 Å². The minimum Gasteiger partial charge on any atom is -0.305 e. The van der Waals surface area contributed by atoms with Gasteiger partial charge in [0.1, 0.15) is 0 Å². The van der Waals surface area contributed by atoms with Gasteiger partial charge in [-0.15, -0.1) is 71.3 Å². The van der Waals surface area contributed by atoms with Crippen molar-refractivity contribution in [1.82, 2.24) is 9.97 Å². The zero-order chi connectivity index (χ0) is 33.4. The molecule has 2 aromatic heterocycles. The molecule has 0 fully saturated rings. The van der Waals surface area contributed by atoms with Crippen molar-refractivity contribution < 1.29 is 20.1 Å². The quantitative estimate of drug-likeness (QED) is 0.118. The summed E-state index contributed by atoms with van der Waals surface area (Å²) >= 11 is 0. The predicted octanol–water partition coefficient (Wildman–Crippen LogP) is 11.0. The van der Waals surface area contributed by atoms with Crippen molar-refractivity contribution in [3.8, 4) is 33.6 Å². The third kappa shape index (κ3) is 10.0. The van der Waals surface area contributed by atoms with Gasteiger partial charge in [-0.2, -0.15) is 0 Å². The molecule has 6 rings (SSSR count). The summed E-state index contributed by atoms with van der Waals surface area (Å²) in [5.74, 6) is 0.326. The SMILES string of the molecule is CC(C)(C)Cc1ccnc(-c2[c-]cccc2)c1.CC(c1ccccc1)c1cc(-c2[c-]ccc(-c3ccccc3)c2)ncc1[Si](C)(C)C.[Ir]. The first kappa shape index (κ1) is 36.9. The van der Waals surface area contributed by atoms with E-state index in [1.165, 1.54) is 33.0 Å². The third-order valence-electron chi connectivity index (χ3n) is 8.24. The Kier molecular flexibility index (Phi) is 12.6. The Balaban J connectivity index is 0.000000246. The summed E-state index contributed by atoms with van der Waals surface area (Å²) < 4.78 is 0. The van der Waals surface area contributed by atoms with Crippen LogP contribution in [0.5, 0.6) is 0 Å². The number of rotatable bonds is 7. The average molecular weight is 823 g/mol. The second-order valence-electron chi connectivity index (χ2n) is 14.5. The number of aromatic nitrogens is 2. The van der Waals surface area contributed by atoms with Gasteiger partial charge in [0.15, 0.2) is 0 Å². The standard InChI is InChI=1S/C28H28NSi.C16H18N.Ir/c1-21(22-12-7-5-8-13-22)26-19-27(29-20-28(26)30(2,3)4)25-17-11-16-24(18-25)23-14-9-6-10-15-23;1-16(2,3)12-13-9-10-17-15(11-13)14-7-5-4-6-8-14;/h5-16,18-21H,1-4H3;4-7,9-11H,12H2,1-3H3;/q2*-1;. The Labute approximate surface area is 303 Å². The molecule has 2 nitrogen and oxygen atoms in total. The van der Waals surface area contributed by atoms with E-state index in [1.54, 1.807) is 0 Å². The van der Waals surface area contributed by atoms with E-state index in [4.69, 9.17) is 4.98 Å². The fraction of sp³-hybridized carbons (Fsp3) is 0.227. The van der Waals surface area contributed by atoms with Gasteiger partial charge in [-0.25, -0.2) is 0 Å². The molecule has 0 aliphatic rings. The van der Waals surface area contributed by atoms with Crippen molar-refractivity contribution in [2.45, 2.75) is 59.7 Å². The van der Waals surface area contributed by atoms with Crippen LogP contribution in [0.4, 0.5) is 0 Å². The predicted molar refractivity (Wildman–Crippen MR) is 203 cm³/mol. The largest absolute Gasteiger partial charge is 0.305 e. The molecule has 1 unspecified atom stereocenters. The van der Waals surface area contributed by atoms with Crippen LogP contribution >= 0.6 is 0 Å². The Morgan fingerprint density at radius 1 is 0.667 bits per heavy atom. The first-order valence-corrected chi connectivity index (χ1v) is 20.0. The van der Waals surface area contributed by atoms with E-state index in [2.05, 4.69) is 156 Å². The molecular formula is C44H46IrN2Si-2. The van der Waals surface area contributed by atoms with Crippen LogP contribution in [-0.4, -0.2) is 18.0 Å². The van der Waals surface area contributed by atoms with E-state index in [0.29, 0.717) is 11.3 Å². The molecule has 0 N–H and O–H groups in total. The summed E-state index contributed by atoms with van der Waals surface area (Å²) in [5.41, 5.74) is 10.9. The first-order valence-electron chi connectivity index (χ1n) is 16.5. The van der Waals surface area contributed by atoms with Gasteiger partial charge in [0.2, 0.25) is 0 Å². The molecule has 2 heterocycles. The van der Waals surface area contributed by atoms with Crippen molar-refractivity contribution in [3.05, 3.63) is 163 Å². The molecule has 0 saturated carbocycles. The maximum Gasteiger partial charge on any atom is 0.0799 e. The smallest absolute Gasteiger partial charge is 0.0799 e. The number of hydrogen-bond acceptors (Lipinski definition) is 2. The summed E-state index contributed by atoms with van der Waals surface area (Å²) in [7, 11) is -1.53. The second-order valence-corrected chi connectivity index (χ2v) is 19.5. The van der Waals surface area contributed by atoms with E-state index >= 15 is 0 Å². The summed E-state index contributed by atoms with van der Waals surface area (Å²) in [6.45, 7) is 16.3. The monoisotopic (exact) mass is 823 g/mol. The normalized spacial score (nSPS) is 11.9. The number of hydrogen-bond donors (Lipinski definition) is 0. The Hall–Kier alpha value is -3.95. The third-order valence-corrected chi connectivity index (χ3v) is 10.3. The zero-order valence-corrected chi connectivity index (χ0v) is 32.6. The molecular weight excluding hydrogens is 777 g/mol. The number of nitrogens with zero attached hydrogens (tertiary/aromatic N) is 2. The van der Waals surface area contributed by atoms with Gasteiger partial charge in [-0.05, 0) is 51.2 Å². The Morgan fingerprint density at radius 3 is 1.96 bits per heavy atom. The summed E-state index contributed by atoms with van der Waals surface area (Å²) in [4.78, 5) is 9.30. The van der Waals surface area contributed by atoms with Gasteiger partial charge in [-0.1, -0.05) is 126 Å². The van der Waals surface area contributed by atoms with Crippen LogP contribution in [0.1, 0.15) is 50.3 Å². The number of pyridine rings is 2. The van der Waals surface area contributed by atoms with Crippen LogP contribution in [0.25, 0.3) is 33.6 Å². The second kappa shape index (κ2) is 16.4. The molecule has 247 valence electrons. The van der Waals surface area contributed by atoms with Crippen molar-refractivity contribution in [3.63, 3.8) is 0 Å². The van der Waals surface area contributed by atoms with Gasteiger partial charge in [0, 0.05) is 38.4 Å². The molecule has 0 bridgehead atoms. The molecule has 0 spiro atoms. The fourth-order valence-electron chi connectivity index (χ4n) is 5.85. The Bertz CT molecular complexity index is 1880. The summed E-state index contributed by atoms with van der Waals surface area (Å²) in [6.07, 6.45) is 5.08. The topological polar surface area (TPSA) is 25.8 Å². The minimum absolute atomic E-state index is 0. The average Bonchev–Trinajstić information content (AvgIpc) is 3.08. The van der Waals surface area contributed by atoms with Crippen molar-refractivity contribution in [1.29, 1.82) is 0 Å². The van der Waals surface area contributed by atoms with Crippen molar-refractivity contribution in [2.75, 3.05) is 0 Å². The van der Waals surface area contributed by atoms with Gasteiger partial charge in [0.25, 0.3) is 0 Å². The first-order chi connectivity index (χ1) is 22.5. The molecule has 0 aliphatic carbocycles. The molecule has 0 aliphatic heterocycles. The van der Waals surface area contributed by atoms with Gasteiger partial charge in [0.05, 0.1) is 8.07 Å². The van der Waals surface area contributed by atoms with Crippen molar-refractivity contribution >= 4 is 13.3 Å². The molecule has 0 saturated heterocycles. The minimum atomic E-state index is -1.53. The van der Waals surface area contributed by atoms with Crippen LogP contribution in [0, 0.1) is 17.5 Å². The summed E-state index contributed by atoms with van der Waals surface area (Å²) in [6, 6.07) is 48.7. The fourth-order valence-corrected chi connectivity index (χ4v) is 7.45. The zero-order valence-electron chi connectivity index (χ0n) is 29.2. The van der Waals surface area contributed by atoms with Crippen LogP contribution in [-0.2, 0) is 26.5 Å². The van der Waals surface area contributed by atoms with Gasteiger partial charge in [-0.3, -0.25) is 0 Å². The molecule has 4 heteroatoms. The van der Waals surface area contributed by atoms with E-state index < -0.39 is 8.07 Å². The van der Waals surface area contributed by atoms with Crippen LogP contribution in [0.2, 0.25) is 19.6 Å². The maximum absolute atomic E-state index is 4.89.